The Labute approximate surface area is 425 Å². The first-order valence-corrected chi connectivity index (χ1v) is 26.3. The average molecular weight is 1010 g/mol. The van der Waals surface area contributed by atoms with Crippen molar-refractivity contribution < 1.29 is 68.7 Å². The summed E-state index contributed by atoms with van der Waals surface area (Å²) >= 11 is 0. The van der Waals surface area contributed by atoms with Crippen molar-refractivity contribution >= 4 is 34.5 Å². The van der Waals surface area contributed by atoms with E-state index in [4.69, 9.17) is 23.7 Å². The zero-order valence-corrected chi connectivity index (χ0v) is 41.9. The number of benzene rings is 2. The molecule has 7 N–H and O–H groups in total. The number of methoxy groups -OCH3 is 1. The Bertz CT molecular complexity index is 2750. The molecular formula is C57H70N2O14. The summed E-state index contributed by atoms with van der Waals surface area (Å²) < 4.78 is 32.0. The van der Waals surface area contributed by atoms with Gasteiger partial charge in [-0.1, -0.05) is 23.3 Å². The number of aromatic amines is 1. The lowest BCUT2D eigenvalue weighted by Gasteiger charge is -2.61. The predicted octanol–water partition coefficient (Wildman–Crippen LogP) is 4.79. The van der Waals surface area contributed by atoms with Crippen LogP contribution in [0.25, 0.3) is 16.5 Å². The predicted molar refractivity (Wildman–Crippen MR) is 269 cm³/mol. The van der Waals surface area contributed by atoms with Gasteiger partial charge < -0.3 is 64.2 Å². The normalized spacial score (nSPS) is 30.6. The van der Waals surface area contributed by atoms with Crippen molar-refractivity contribution in [2.45, 2.75) is 94.9 Å². The molecule has 10 rings (SSSR count). The van der Waals surface area contributed by atoms with E-state index in [9.17, 15) is 45.0 Å². The maximum atomic E-state index is 14.7. The van der Waals surface area contributed by atoms with E-state index in [2.05, 4.69) is 16.0 Å². The number of aliphatic hydroxyl groups is 6. The van der Waals surface area contributed by atoms with Gasteiger partial charge in [0.15, 0.2) is 11.9 Å². The quantitative estimate of drug-likeness (QED) is 0.0469. The van der Waals surface area contributed by atoms with Gasteiger partial charge in [-0.05, 0) is 124 Å². The van der Waals surface area contributed by atoms with Gasteiger partial charge in [0, 0.05) is 105 Å². The van der Waals surface area contributed by atoms with E-state index in [1.54, 1.807) is 14.0 Å². The van der Waals surface area contributed by atoms with Crippen molar-refractivity contribution in [2.75, 3.05) is 73.0 Å². The van der Waals surface area contributed by atoms with Crippen molar-refractivity contribution in [1.29, 1.82) is 0 Å². The number of aryl methyl sites for hydroxylation is 1. The second-order valence-electron chi connectivity index (χ2n) is 21.2. The molecule has 0 unspecified atom stereocenters. The van der Waals surface area contributed by atoms with Gasteiger partial charge in [0.25, 0.3) is 0 Å². The van der Waals surface area contributed by atoms with Crippen LogP contribution >= 0.6 is 0 Å². The number of aliphatic hydroxyl groups excluding tert-OH is 5. The zero-order chi connectivity index (χ0) is 51.2. The van der Waals surface area contributed by atoms with Crippen molar-refractivity contribution in [2.24, 2.45) is 35.5 Å². The molecule has 2 bridgehead atoms. The number of ketones is 1. The molecule has 1 saturated carbocycles. The highest BCUT2D eigenvalue weighted by atomic mass is 16.6. The SMILES string of the molecule is CCOC(=O)C1=C(C=O)/C2=C3\C[C@H](CO)C(=O)[C@H](C3)c3cc4cc[nH]c4cc3CC[C@@H](CO)COc3c4c(c(CO)c(c32)O1)O[C@@]1(C=C[C@@H](CCO)[C@@H]2C(CCCO)=C[C@@H]3CN(CCCOC)CC[C@@H]3[C@]21O)C4. The smallest absolute Gasteiger partial charge is 0.375 e. The molecule has 2 aromatic carbocycles. The standard InChI is InChI=1S/C57H70N2O14/c1-3-70-55(67)54-43(29-64)47-37-21-39(28-63)50(66)41(23-37)40-22-35-10-14-58-46(35)24-34(40)8-7-32(27-62)31-71-52-42-25-56(73-51(42)44(30-65)53(72-54)48(47)52)13-9-33(12-18-61)49-36(6-4-17-60)20-38-26-59(15-5-19-69-2)16-11-45(38)57(49,56)68/h9-10,13-14,20,22,24,29,32-33,38-39,41,45,49,58,60-63,65,68H,3-8,11-12,15-19,21,23,25-28,30-31H2,1-2H3/b47-37-/t32-,33-,38+,39+,41+,45-,49+,56-,57-/m0/s1. The molecule has 16 heteroatoms. The molecule has 2 fully saturated rings. The number of Topliss-reactive ketones (excluding diaryl/α,β-unsaturated/α-hetero) is 1. The lowest BCUT2D eigenvalue weighted by molar-refractivity contribution is -0.200. The molecule has 73 heavy (non-hydrogen) atoms. The first-order chi connectivity index (χ1) is 35.5. The number of hydrogen-bond acceptors (Lipinski definition) is 15. The van der Waals surface area contributed by atoms with Gasteiger partial charge in [-0.3, -0.25) is 9.59 Å². The molecule has 9 atom stereocenters. The fourth-order valence-corrected chi connectivity index (χ4v) is 13.9. The summed E-state index contributed by atoms with van der Waals surface area (Å²) in [6.07, 6.45) is 12.6. The number of likely N-dealkylation sites (tertiary alicyclic amines) is 1. The second-order valence-corrected chi connectivity index (χ2v) is 21.2. The van der Waals surface area contributed by atoms with Gasteiger partial charge in [0.2, 0.25) is 5.76 Å². The number of carbonyl (C=O) groups excluding carboxylic acids is 3. The van der Waals surface area contributed by atoms with Gasteiger partial charge >= 0.3 is 5.97 Å². The van der Waals surface area contributed by atoms with E-state index >= 15 is 0 Å². The van der Waals surface area contributed by atoms with Crippen molar-refractivity contribution in [3.8, 4) is 17.2 Å². The Morgan fingerprint density at radius 2 is 1.89 bits per heavy atom. The van der Waals surface area contributed by atoms with E-state index in [1.165, 1.54) is 0 Å². The topological polar surface area (TPSA) is 238 Å². The maximum absolute atomic E-state index is 14.7. The lowest BCUT2D eigenvalue weighted by atomic mass is 9.49. The molecule has 1 spiro atoms. The van der Waals surface area contributed by atoms with Gasteiger partial charge in [-0.2, -0.15) is 0 Å². The van der Waals surface area contributed by atoms with Crippen LogP contribution in [0, 0.1) is 35.5 Å². The van der Waals surface area contributed by atoms with Gasteiger partial charge in [0.05, 0.1) is 43.1 Å². The first-order valence-electron chi connectivity index (χ1n) is 26.3. The minimum atomic E-state index is -1.62. The molecular weight excluding hydrogens is 937 g/mol. The number of carbonyl (C=O) groups is 3. The van der Waals surface area contributed by atoms with Crippen LogP contribution in [0.3, 0.4) is 0 Å². The van der Waals surface area contributed by atoms with Crippen LogP contribution in [0.5, 0.6) is 17.2 Å². The number of rotatable bonds is 15. The number of hydrogen-bond donors (Lipinski definition) is 7. The number of piperidine rings is 1. The Morgan fingerprint density at radius 3 is 2.63 bits per heavy atom. The molecule has 4 aliphatic heterocycles. The highest BCUT2D eigenvalue weighted by Gasteiger charge is 2.68. The number of aldehydes is 1. The summed E-state index contributed by atoms with van der Waals surface area (Å²) in [5.74, 6) is -4.47. The third kappa shape index (κ3) is 8.69. The summed E-state index contributed by atoms with van der Waals surface area (Å²) in [6, 6.07) is 5.96. The lowest BCUT2D eigenvalue weighted by Crippen LogP contribution is -2.71. The van der Waals surface area contributed by atoms with Crippen LogP contribution in [0.2, 0.25) is 0 Å². The van der Waals surface area contributed by atoms with Crippen LogP contribution in [0.4, 0.5) is 0 Å². The van der Waals surface area contributed by atoms with Crippen molar-refractivity contribution in [3.63, 3.8) is 0 Å². The van der Waals surface area contributed by atoms with E-state index in [0.717, 1.165) is 40.6 Å². The van der Waals surface area contributed by atoms with Crippen LogP contribution in [0.1, 0.15) is 92.0 Å². The monoisotopic (exact) mass is 1010 g/mol. The Kier molecular flexibility index (Phi) is 14.9. The third-order valence-electron chi connectivity index (χ3n) is 17.2. The Hall–Kier alpha value is -5.17. The molecule has 392 valence electrons. The molecule has 3 aromatic rings. The summed E-state index contributed by atoms with van der Waals surface area (Å²) in [5.41, 5.74) is 2.01. The van der Waals surface area contributed by atoms with Crippen LogP contribution in [0.15, 0.2) is 65.1 Å². The van der Waals surface area contributed by atoms with Crippen LogP contribution in [-0.4, -0.2) is 143 Å². The highest BCUT2D eigenvalue weighted by molar-refractivity contribution is 6.11. The largest absolute Gasteiger partial charge is 0.492 e. The molecule has 16 nitrogen and oxygen atoms in total. The minimum Gasteiger partial charge on any atom is -0.492 e. The molecule has 3 aliphatic carbocycles. The number of aromatic nitrogens is 1. The molecule has 0 radical (unpaired) electrons. The number of H-pyrrole nitrogens is 1. The maximum Gasteiger partial charge on any atom is 0.375 e. The summed E-state index contributed by atoms with van der Waals surface area (Å²) in [4.78, 5) is 48.3. The highest BCUT2D eigenvalue weighted by Crippen LogP contribution is 2.64. The minimum absolute atomic E-state index is 0.0146. The zero-order valence-electron chi connectivity index (χ0n) is 41.9. The molecule has 0 amide bonds. The number of nitrogens with zero attached hydrogens (tertiary/aromatic N) is 1. The van der Waals surface area contributed by atoms with E-state index < -0.39 is 59.8 Å². The number of nitrogens with one attached hydrogen (secondary N) is 1. The Morgan fingerprint density at radius 1 is 1.04 bits per heavy atom. The number of ether oxygens (including phenoxy) is 5. The first kappa shape index (κ1) is 51.3. The van der Waals surface area contributed by atoms with Gasteiger partial charge in [-0.15, -0.1) is 0 Å². The van der Waals surface area contributed by atoms with Crippen molar-refractivity contribution in [3.05, 3.63) is 92.9 Å². The summed E-state index contributed by atoms with van der Waals surface area (Å²) in [6.45, 7) is 2.82. The number of esters is 1. The van der Waals surface area contributed by atoms with E-state index in [0.29, 0.717) is 75.6 Å². The van der Waals surface area contributed by atoms with Gasteiger partial charge in [-0.25, -0.2) is 4.79 Å². The molecule has 5 heterocycles. The van der Waals surface area contributed by atoms with Gasteiger partial charge in [0.1, 0.15) is 28.6 Å². The Balaban J connectivity index is 1.21. The van der Waals surface area contributed by atoms with Crippen molar-refractivity contribution in [1.82, 2.24) is 9.88 Å². The molecule has 7 aliphatic rings. The van der Waals surface area contributed by atoms with E-state index in [-0.39, 0.29) is 115 Å². The summed E-state index contributed by atoms with van der Waals surface area (Å²) in [5, 5.41) is 69.8. The molecule has 1 aromatic heterocycles. The fraction of sp³-hybridized carbons (Fsp3) is 0.561. The van der Waals surface area contributed by atoms with Crippen LogP contribution < -0.4 is 14.2 Å². The summed E-state index contributed by atoms with van der Waals surface area (Å²) in [7, 11) is 1.69. The molecule has 1 saturated heterocycles. The number of allylic oxidation sites excluding steroid dienone is 4. The fourth-order valence-electron chi connectivity index (χ4n) is 13.9. The second kappa shape index (κ2) is 21.2. The third-order valence-corrected chi connectivity index (χ3v) is 17.2. The average Bonchev–Trinajstić information content (AvgIpc) is 4.04. The number of fused-ring (bicyclic) bond motifs is 11. The van der Waals surface area contributed by atoms with E-state index in [1.807, 2.05) is 36.5 Å². The van der Waals surface area contributed by atoms with Crippen LogP contribution in [-0.2, 0) is 43.3 Å².